The van der Waals surface area contributed by atoms with Crippen LogP contribution in [0.5, 0.6) is 0 Å². The quantitative estimate of drug-likeness (QED) is 0.595. The summed E-state index contributed by atoms with van der Waals surface area (Å²) in [5.74, 6) is 0.732. The largest absolute Gasteiger partial charge is 0.301 e. The molecule has 0 unspecified atom stereocenters. The summed E-state index contributed by atoms with van der Waals surface area (Å²) in [5, 5.41) is 1.77. The van der Waals surface area contributed by atoms with Crippen LogP contribution in [0.15, 0.2) is 46.3 Å². The van der Waals surface area contributed by atoms with E-state index < -0.39 is 0 Å². The molecule has 0 amide bonds. The Bertz CT molecular complexity index is 858. The summed E-state index contributed by atoms with van der Waals surface area (Å²) >= 11 is 1.52. The van der Waals surface area contributed by atoms with Crippen LogP contribution in [0.3, 0.4) is 0 Å². The van der Waals surface area contributed by atoms with E-state index in [1.807, 2.05) is 32.0 Å². The minimum Gasteiger partial charge on any atom is -0.301 e. The Hall–Kier alpha value is -2.14. The van der Waals surface area contributed by atoms with E-state index in [9.17, 15) is 4.79 Å². The van der Waals surface area contributed by atoms with E-state index >= 15 is 0 Å². The number of aromatic nitrogens is 3. The second kappa shape index (κ2) is 5.69. The van der Waals surface area contributed by atoms with Crippen LogP contribution in [0.4, 0.5) is 0 Å². The van der Waals surface area contributed by atoms with E-state index in [2.05, 4.69) is 27.1 Å². The number of aryl methyl sites for hydroxylation is 2. The number of nitrogens with zero attached hydrogens (tertiary/aromatic N) is 2. The van der Waals surface area contributed by atoms with Gasteiger partial charge in [0, 0.05) is 28.6 Å². The number of thioether (sulfide) groups is 1. The normalized spacial score (nSPS) is 11.0. The molecule has 0 atom stereocenters. The Balaban J connectivity index is 1.87. The van der Waals surface area contributed by atoms with Crippen molar-refractivity contribution in [2.75, 3.05) is 0 Å². The van der Waals surface area contributed by atoms with Crippen molar-refractivity contribution in [3.63, 3.8) is 0 Å². The minimum atomic E-state index is -0.113. The van der Waals surface area contributed by atoms with Crippen molar-refractivity contribution in [1.82, 2.24) is 15.0 Å². The maximum absolute atomic E-state index is 11.4. The molecule has 5 heteroatoms. The van der Waals surface area contributed by atoms with Crippen LogP contribution in [-0.2, 0) is 5.75 Å². The van der Waals surface area contributed by atoms with Gasteiger partial charge in [0.15, 0.2) is 5.16 Å². The van der Waals surface area contributed by atoms with Gasteiger partial charge in [-0.15, -0.1) is 0 Å². The summed E-state index contributed by atoms with van der Waals surface area (Å²) in [4.78, 5) is 23.1. The van der Waals surface area contributed by atoms with Crippen LogP contribution in [0.25, 0.3) is 10.9 Å². The number of para-hydroxylation sites is 1. The fourth-order valence-corrected chi connectivity index (χ4v) is 3.13. The molecule has 1 aromatic carbocycles. The second-order valence-electron chi connectivity index (χ2n) is 4.91. The number of aromatic amines is 1. The first-order chi connectivity index (χ1) is 10.1. The van der Waals surface area contributed by atoms with Crippen molar-refractivity contribution in [3.8, 4) is 0 Å². The van der Waals surface area contributed by atoms with Gasteiger partial charge in [0.2, 0.25) is 0 Å². The van der Waals surface area contributed by atoms with Crippen molar-refractivity contribution >= 4 is 22.7 Å². The average Bonchev–Trinajstić information content (AvgIpc) is 2.44. The summed E-state index contributed by atoms with van der Waals surface area (Å²) in [6, 6.07) is 11.7. The molecule has 0 saturated heterocycles. The number of fused-ring (bicyclic) bond motifs is 1. The van der Waals surface area contributed by atoms with Gasteiger partial charge < -0.3 is 4.98 Å². The molecule has 21 heavy (non-hydrogen) atoms. The van der Waals surface area contributed by atoms with Gasteiger partial charge in [-0.1, -0.05) is 30.0 Å². The highest BCUT2D eigenvalue weighted by molar-refractivity contribution is 7.98. The number of nitrogens with one attached hydrogen (secondary N) is 1. The lowest BCUT2D eigenvalue weighted by Gasteiger charge is -2.07. The molecule has 3 aromatic rings. The highest BCUT2D eigenvalue weighted by Gasteiger charge is 2.05. The molecule has 1 N–H and O–H groups in total. The molecule has 0 radical (unpaired) electrons. The predicted octanol–water partition coefficient (Wildman–Crippen LogP) is 3.23. The molecular formula is C16H15N3OS. The molecule has 0 spiro atoms. The number of benzene rings is 1. The van der Waals surface area contributed by atoms with E-state index in [0.717, 1.165) is 33.6 Å². The van der Waals surface area contributed by atoms with Crippen LogP contribution in [0.1, 0.15) is 17.0 Å². The van der Waals surface area contributed by atoms with Gasteiger partial charge in [0.1, 0.15) is 0 Å². The van der Waals surface area contributed by atoms with E-state index in [4.69, 9.17) is 0 Å². The van der Waals surface area contributed by atoms with Crippen molar-refractivity contribution in [1.29, 1.82) is 0 Å². The minimum absolute atomic E-state index is 0.113. The van der Waals surface area contributed by atoms with E-state index in [0.29, 0.717) is 5.16 Å². The van der Waals surface area contributed by atoms with Crippen LogP contribution >= 0.6 is 11.8 Å². The standard InChI is InChI=1S/C16H15N3OS/c1-10-7-15(20)19-16(17-10)21-9-13-8-12-5-3-4-6-14(12)18-11(13)2/h3-8H,9H2,1-2H3,(H,17,19,20). The number of rotatable bonds is 3. The Morgan fingerprint density at radius 1 is 1.14 bits per heavy atom. The number of pyridine rings is 1. The van der Waals surface area contributed by atoms with E-state index in [-0.39, 0.29) is 5.56 Å². The molecule has 4 nitrogen and oxygen atoms in total. The lowest BCUT2D eigenvalue weighted by Crippen LogP contribution is -2.08. The third-order valence-electron chi connectivity index (χ3n) is 3.23. The first-order valence-corrected chi connectivity index (χ1v) is 7.66. The Labute approximate surface area is 126 Å². The molecule has 0 aliphatic carbocycles. The second-order valence-corrected chi connectivity index (χ2v) is 5.87. The molecular weight excluding hydrogens is 282 g/mol. The van der Waals surface area contributed by atoms with Crippen molar-refractivity contribution in [3.05, 3.63) is 63.7 Å². The van der Waals surface area contributed by atoms with Crippen molar-refractivity contribution < 1.29 is 0 Å². The molecule has 0 saturated carbocycles. The van der Waals surface area contributed by atoms with Crippen LogP contribution < -0.4 is 5.56 Å². The molecule has 106 valence electrons. The Morgan fingerprint density at radius 3 is 2.76 bits per heavy atom. The van der Waals surface area contributed by atoms with E-state index in [1.165, 1.54) is 17.8 Å². The van der Waals surface area contributed by atoms with Gasteiger partial charge in [-0.25, -0.2) is 4.98 Å². The number of hydrogen-bond donors (Lipinski definition) is 1. The highest BCUT2D eigenvalue weighted by Crippen LogP contribution is 2.23. The van der Waals surface area contributed by atoms with Gasteiger partial charge in [0.25, 0.3) is 5.56 Å². The predicted molar refractivity (Wildman–Crippen MR) is 85.6 cm³/mol. The number of H-pyrrole nitrogens is 1. The summed E-state index contributed by atoms with van der Waals surface area (Å²) in [6.07, 6.45) is 0. The smallest absolute Gasteiger partial charge is 0.251 e. The number of hydrogen-bond acceptors (Lipinski definition) is 4. The molecule has 0 bridgehead atoms. The van der Waals surface area contributed by atoms with Crippen LogP contribution in [-0.4, -0.2) is 15.0 Å². The zero-order valence-electron chi connectivity index (χ0n) is 11.9. The van der Waals surface area contributed by atoms with Crippen LogP contribution in [0, 0.1) is 13.8 Å². The summed E-state index contributed by atoms with van der Waals surface area (Å²) in [6.45, 7) is 3.83. The lowest BCUT2D eigenvalue weighted by molar-refractivity contribution is 0.904. The van der Waals surface area contributed by atoms with Crippen molar-refractivity contribution in [2.45, 2.75) is 24.8 Å². The SMILES string of the molecule is Cc1cc(=O)[nH]c(SCc2cc3ccccc3nc2C)n1. The summed E-state index contributed by atoms with van der Waals surface area (Å²) in [5.41, 5.74) is 3.79. The maximum Gasteiger partial charge on any atom is 0.251 e. The van der Waals surface area contributed by atoms with Gasteiger partial charge in [-0.2, -0.15) is 0 Å². The summed E-state index contributed by atoms with van der Waals surface area (Å²) < 4.78 is 0. The highest BCUT2D eigenvalue weighted by atomic mass is 32.2. The monoisotopic (exact) mass is 297 g/mol. The first kappa shape index (κ1) is 13.8. The molecule has 3 rings (SSSR count). The summed E-state index contributed by atoms with van der Waals surface area (Å²) in [7, 11) is 0. The fourth-order valence-electron chi connectivity index (χ4n) is 2.17. The fraction of sp³-hybridized carbons (Fsp3) is 0.188. The van der Waals surface area contributed by atoms with Gasteiger partial charge in [-0.3, -0.25) is 9.78 Å². The third-order valence-corrected chi connectivity index (χ3v) is 4.15. The molecule has 0 fully saturated rings. The molecule has 2 aromatic heterocycles. The molecule has 2 heterocycles. The molecule has 0 aliphatic rings. The van der Waals surface area contributed by atoms with Crippen LogP contribution in [0.2, 0.25) is 0 Å². The van der Waals surface area contributed by atoms with Crippen molar-refractivity contribution in [2.24, 2.45) is 0 Å². The maximum atomic E-state index is 11.4. The Morgan fingerprint density at radius 2 is 1.95 bits per heavy atom. The Kier molecular flexibility index (Phi) is 3.75. The van der Waals surface area contributed by atoms with E-state index in [1.54, 1.807) is 0 Å². The zero-order valence-corrected chi connectivity index (χ0v) is 12.7. The average molecular weight is 297 g/mol. The van der Waals surface area contributed by atoms with Gasteiger partial charge in [-0.05, 0) is 31.5 Å². The lowest BCUT2D eigenvalue weighted by atomic mass is 10.1. The first-order valence-electron chi connectivity index (χ1n) is 6.68. The topological polar surface area (TPSA) is 58.6 Å². The van der Waals surface area contributed by atoms with Gasteiger partial charge >= 0.3 is 0 Å². The van der Waals surface area contributed by atoms with Gasteiger partial charge in [0.05, 0.1) is 5.52 Å². The zero-order chi connectivity index (χ0) is 14.8. The molecule has 0 aliphatic heterocycles. The third kappa shape index (κ3) is 3.13.